The van der Waals surface area contributed by atoms with Gasteiger partial charge in [0, 0.05) is 0 Å². The Morgan fingerprint density at radius 1 is 1.11 bits per heavy atom. The van der Waals surface area contributed by atoms with E-state index in [1.807, 2.05) is 19.1 Å². The summed E-state index contributed by atoms with van der Waals surface area (Å²) in [6.45, 7) is 11.7. The van der Waals surface area contributed by atoms with E-state index >= 15 is 0 Å². The van der Waals surface area contributed by atoms with Crippen LogP contribution in [0.25, 0.3) is 0 Å². The molecule has 1 rings (SSSR count). The van der Waals surface area contributed by atoms with Crippen molar-refractivity contribution in [2.75, 3.05) is 33.2 Å². The van der Waals surface area contributed by atoms with Crippen LogP contribution in [0.5, 0.6) is 0 Å². The fourth-order valence-corrected chi connectivity index (χ4v) is 3.86. The number of rotatable bonds is 10. The van der Waals surface area contributed by atoms with Gasteiger partial charge in [-0.3, -0.25) is 4.79 Å². The molecule has 1 N–H and O–H groups in total. The van der Waals surface area contributed by atoms with Gasteiger partial charge >= 0.3 is 132 Å². The molecule has 0 radical (unpaired) electrons. The average Bonchev–Trinajstić information content (AvgIpc) is 2.62. The van der Waals surface area contributed by atoms with Crippen LogP contribution < -0.4 is 0 Å². The van der Waals surface area contributed by atoms with Gasteiger partial charge < -0.3 is 0 Å². The number of ether oxygens (including phenoxy) is 2. The Labute approximate surface area is 163 Å². The number of esters is 2. The van der Waals surface area contributed by atoms with Gasteiger partial charge in [-0.05, 0) is 6.42 Å². The summed E-state index contributed by atoms with van der Waals surface area (Å²) < 4.78 is 10.6. The van der Waals surface area contributed by atoms with E-state index in [1.54, 1.807) is 6.92 Å². The summed E-state index contributed by atoms with van der Waals surface area (Å²) in [6, 6.07) is 8.06. The van der Waals surface area contributed by atoms with Gasteiger partial charge in [0.15, 0.2) is 0 Å². The molecule has 0 aliphatic carbocycles. The van der Waals surface area contributed by atoms with Crippen LogP contribution >= 0.6 is 7.26 Å². The number of aliphatic hydroxyl groups excluding tert-OH is 1. The zero-order valence-corrected chi connectivity index (χ0v) is 18.5. The Balaban J connectivity index is 2.61. The van der Waals surface area contributed by atoms with E-state index in [9.17, 15) is 14.7 Å². The normalized spacial score (nSPS) is 15.5. The summed E-state index contributed by atoms with van der Waals surface area (Å²) in [7, 11) is -1.17. The van der Waals surface area contributed by atoms with Crippen LogP contribution in [0.3, 0.4) is 0 Å². The molecule has 5 nitrogen and oxygen atoms in total. The van der Waals surface area contributed by atoms with E-state index in [-0.39, 0.29) is 25.1 Å². The summed E-state index contributed by atoms with van der Waals surface area (Å²) in [6.07, 6.45) is 1.77. The van der Waals surface area contributed by atoms with E-state index in [1.165, 1.54) is 12.5 Å². The fourth-order valence-electron chi connectivity index (χ4n) is 2.40. The molecule has 0 saturated carbocycles. The van der Waals surface area contributed by atoms with Crippen LogP contribution in [-0.4, -0.2) is 50.3 Å². The van der Waals surface area contributed by atoms with Gasteiger partial charge in [-0.1, -0.05) is 13.8 Å². The predicted octanol–water partition coefficient (Wildman–Crippen LogP) is 3.46. The summed E-state index contributed by atoms with van der Waals surface area (Å²) >= 11 is 0. The van der Waals surface area contributed by atoms with Crippen molar-refractivity contribution in [3.63, 3.8) is 0 Å². The molecule has 6 heteroatoms. The molecule has 1 aromatic carbocycles. The van der Waals surface area contributed by atoms with E-state index in [4.69, 9.17) is 9.47 Å². The molecule has 0 saturated heterocycles. The van der Waals surface area contributed by atoms with Crippen molar-refractivity contribution in [1.29, 1.82) is 0 Å². The number of aliphatic hydroxyl groups is 1. The first-order chi connectivity index (χ1) is 12.5. The number of hydrogen-bond acceptors (Lipinski definition) is 5. The molecule has 27 heavy (non-hydrogen) atoms. The summed E-state index contributed by atoms with van der Waals surface area (Å²) in [5.41, 5.74) is 0.918. The maximum absolute atomic E-state index is 12.4. The Kier molecular flexibility index (Phi) is 8.90. The van der Waals surface area contributed by atoms with Crippen LogP contribution in [0.4, 0.5) is 0 Å². The molecule has 1 aromatic rings. The third kappa shape index (κ3) is 7.98. The van der Waals surface area contributed by atoms with Crippen molar-refractivity contribution in [3.8, 4) is 0 Å². The Bertz CT molecular complexity index is 620. The number of carbonyl (C=O) groups excluding carboxylic acids is 2. The van der Waals surface area contributed by atoms with Crippen LogP contribution in [-0.2, 0) is 31.8 Å². The first-order valence-electron chi connectivity index (χ1n) is 9.53. The van der Waals surface area contributed by atoms with E-state index in [0.717, 1.165) is 11.7 Å². The molecule has 0 aromatic heterocycles. The molecular formula is C21H35O5P. The minimum atomic E-state index is -1.26. The van der Waals surface area contributed by atoms with Crippen molar-refractivity contribution in [2.24, 2.45) is 11.3 Å². The molecule has 0 heterocycles. The Morgan fingerprint density at radius 3 is 2.15 bits per heavy atom. The maximum atomic E-state index is 12.4. The van der Waals surface area contributed by atoms with E-state index in [2.05, 4.69) is 32.1 Å². The van der Waals surface area contributed by atoms with Crippen LogP contribution in [0.15, 0.2) is 24.3 Å². The molecule has 0 spiro atoms. The van der Waals surface area contributed by atoms with Crippen LogP contribution in [0.2, 0.25) is 0 Å². The molecule has 0 bridgehead atoms. The zero-order chi connectivity index (χ0) is 20.7. The summed E-state index contributed by atoms with van der Waals surface area (Å²) in [4.78, 5) is 24.2. The standard InChI is InChI=1S/C21H35O5P/c1-7-16(2)19(23)26-15-21(3,14-22)20(24)25-12-17-8-10-18(11-9-17)13-27(4,5)6/h8-11,16,22,27H,7,12-15H2,1-6H3. The number of benzene rings is 1. The van der Waals surface area contributed by atoms with Crippen molar-refractivity contribution in [3.05, 3.63) is 35.4 Å². The zero-order valence-electron chi connectivity index (χ0n) is 17.5. The Morgan fingerprint density at radius 2 is 1.67 bits per heavy atom. The summed E-state index contributed by atoms with van der Waals surface area (Å²) in [5.74, 6) is -1.19. The van der Waals surface area contributed by atoms with Crippen molar-refractivity contribution < 1.29 is 24.2 Å². The molecule has 154 valence electrons. The van der Waals surface area contributed by atoms with Gasteiger partial charge in [-0.25, -0.2) is 0 Å². The Hall–Kier alpha value is -1.45. The molecule has 0 amide bonds. The second-order valence-electron chi connectivity index (χ2n) is 8.77. The third-order valence-corrected chi connectivity index (χ3v) is 5.99. The van der Waals surface area contributed by atoms with Crippen molar-refractivity contribution in [2.45, 2.75) is 40.0 Å². The quantitative estimate of drug-likeness (QED) is 0.483. The van der Waals surface area contributed by atoms with Crippen LogP contribution in [0.1, 0.15) is 38.3 Å². The van der Waals surface area contributed by atoms with E-state index in [0.29, 0.717) is 6.42 Å². The molecular weight excluding hydrogens is 363 g/mol. The summed E-state index contributed by atoms with van der Waals surface area (Å²) in [5, 5.41) is 9.62. The fraction of sp³-hybridized carbons (Fsp3) is 0.619. The monoisotopic (exact) mass is 398 g/mol. The number of carbonyl (C=O) groups is 2. The third-order valence-electron chi connectivity index (χ3n) is 4.52. The molecule has 0 aliphatic rings. The minimum absolute atomic E-state index is 0.126. The number of hydrogen-bond donors (Lipinski definition) is 1. The SMILES string of the molecule is CCC(C)C(=O)OCC(C)(CO)C(=O)OCc1ccc(C[PH](C)(C)C)cc1. The van der Waals surface area contributed by atoms with Gasteiger partial charge in [0.2, 0.25) is 0 Å². The van der Waals surface area contributed by atoms with Gasteiger partial charge in [-0.2, -0.15) is 0 Å². The molecule has 0 aliphatic heterocycles. The van der Waals surface area contributed by atoms with Gasteiger partial charge in [-0.15, -0.1) is 0 Å². The average molecular weight is 398 g/mol. The van der Waals surface area contributed by atoms with Gasteiger partial charge in [0.1, 0.15) is 0 Å². The first-order valence-corrected chi connectivity index (χ1v) is 13.2. The van der Waals surface area contributed by atoms with E-state index < -0.39 is 25.3 Å². The molecule has 0 fully saturated rings. The van der Waals surface area contributed by atoms with Gasteiger partial charge in [0.05, 0.1) is 5.92 Å². The van der Waals surface area contributed by atoms with Crippen molar-refractivity contribution in [1.82, 2.24) is 0 Å². The van der Waals surface area contributed by atoms with Crippen molar-refractivity contribution >= 4 is 19.2 Å². The second-order valence-corrected chi connectivity index (χ2v) is 14.2. The first kappa shape index (κ1) is 23.6. The topological polar surface area (TPSA) is 72.8 Å². The molecule has 2 unspecified atom stereocenters. The molecule has 2 atom stereocenters. The van der Waals surface area contributed by atoms with Crippen LogP contribution in [0, 0.1) is 11.3 Å². The predicted molar refractivity (Wildman–Crippen MR) is 112 cm³/mol. The van der Waals surface area contributed by atoms with Gasteiger partial charge in [0.25, 0.3) is 0 Å². The second kappa shape index (κ2) is 10.2.